The summed E-state index contributed by atoms with van der Waals surface area (Å²) in [5.41, 5.74) is 20.3. The van der Waals surface area contributed by atoms with Crippen LogP contribution < -0.4 is 19.6 Å². The highest BCUT2D eigenvalue weighted by Crippen LogP contribution is 2.43. The molecule has 16 rings (SSSR count). The lowest BCUT2D eigenvalue weighted by Gasteiger charge is -2.26. The van der Waals surface area contributed by atoms with E-state index in [9.17, 15) is 0 Å². The number of benzene rings is 16. The summed E-state index contributed by atoms with van der Waals surface area (Å²) in [4.78, 5) is 9.31. The molecule has 0 aromatic heterocycles. The van der Waals surface area contributed by atoms with Gasteiger partial charge in [-0.25, -0.2) is 0 Å². The van der Waals surface area contributed by atoms with Crippen molar-refractivity contribution in [2.24, 2.45) is 0 Å². The highest BCUT2D eigenvalue weighted by atomic mass is 15.2. The van der Waals surface area contributed by atoms with Crippen LogP contribution in [-0.2, 0) is 0 Å². The van der Waals surface area contributed by atoms with E-state index in [2.05, 4.69) is 396 Å². The summed E-state index contributed by atoms with van der Waals surface area (Å²) in [5, 5.41) is 9.73. The Morgan fingerprint density at radius 2 is 0.293 bits per heavy atom. The molecule has 0 unspecified atom stereocenters. The van der Waals surface area contributed by atoms with Crippen LogP contribution in [0.5, 0.6) is 0 Å². The van der Waals surface area contributed by atoms with Crippen LogP contribution in [0.1, 0.15) is 0 Å². The van der Waals surface area contributed by atoms with Gasteiger partial charge in [0, 0.05) is 68.2 Å². The standard InChI is InChI=1S/C88H62N4/c1-7-19-73(20-8-1)89(74-21-9-2-10-22-74)79-49-39-65(40-50-79)67-43-55-85-69(59-67)31-33-71-61-83(53-57-87(71)85)91(77-27-15-5-16-28-77)81-45-35-63(36-46-81)64-37-47-82(48-38-64)92(78-29-17-6-18-30-78)84-54-58-88-72(62-84)34-32-70-60-68(44-56-86(70)88)66-41-51-80(52-42-66)90(75-23-11-3-12-24-75)76-25-13-4-14-26-76/h1-62H. The van der Waals surface area contributed by atoms with E-state index in [0.717, 1.165) is 79.4 Å². The third-order valence-electron chi connectivity index (χ3n) is 17.7. The molecule has 0 atom stereocenters. The molecule has 0 bridgehead atoms. The van der Waals surface area contributed by atoms with Gasteiger partial charge < -0.3 is 19.6 Å². The van der Waals surface area contributed by atoms with E-state index in [1.54, 1.807) is 0 Å². The zero-order valence-electron chi connectivity index (χ0n) is 50.6. The van der Waals surface area contributed by atoms with Gasteiger partial charge in [-0.1, -0.05) is 218 Å². The SMILES string of the molecule is c1ccc(N(c2ccccc2)c2ccc(-c3ccc4c(ccc5cc(N(c6ccccc6)c6ccc(-c7ccc(N(c8ccccc8)c8ccc9c(ccc%10cc(-c%11ccc(N(c%12ccccc%12)c%12ccccc%12)cc%11)ccc%109)c8)cc7)cc6)ccc54)c3)cc2)cc1. The fourth-order valence-electron chi connectivity index (χ4n) is 13.2. The quantitative estimate of drug-likeness (QED) is 0.0949. The normalized spacial score (nSPS) is 11.3. The number of anilines is 12. The summed E-state index contributed by atoms with van der Waals surface area (Å²) in [6.07, 6.45) is 0. The smallest absolute Gasteiger partial charge is 0.0468 e. The number of para-hydroxylation sites is 6. The van der Waals surface area contributed by atoms with Crippen molar-refractivity contribution in [3.63, 3.8) is 0 Å². The van der Waals surface area contributed by atoms with E-state index >= 15 is 0 Å². The molecule has 4 heteroatoms. The Hall–Kier alpha value is -12.2. The zero-order chi connectivity index (χ0) is 61.2. The second-order valence-electron chi connectivity index (χ2n) is 23.4. The first-order chi connectivity index (χ1) is 45.6. The van der Waals surface area contributed by atoms with Crippen molar-refractivity contribution >= 4 is 111 Å². The molecule has 16 aromatic carbocycles. The van der Waals surface area contributed by atoms with Crippen LogP contribution in [0, 0.1) is 0 Å². The van der Waals surface area contributed by atoms with Crippen LogP contribution in [0.25, 0.3) is 76.5 Å². The Labute approximate surface area is 537 Å². The van der Waals surface area contributed by atoms with Gasteiger partial charge >= 0.3 is 0 Å². The average Bonchev–Trinajstić information content (AvgIpc) is 0.881. The molecule has 0 aliphatic rings. The molecule has 0 amide bonds. The van der Waals surface area contributed by atoms with E-state index in [0.29, 0.717) is 0 Å². The van der Waals surface area contributed by atoms with E-state index in [1.807, 2.05) is 0 Å². The molecule has 0 N–H and O–H groups in total. The highest BCUT2D eigenvalue weighted by molar-refractivity contribution is 6.11. The second kappa shape index (κ2) is 24.4. The Morgan fingerprint density at radius 3 is 0.543 bits per heavy atom. The monoisotopic (exact) mass is 1170 g/mol. The van der Waals surface area contributed by atoms with E-state index < -0.39 is 0 Å². The molecule has 16 aromatic rings. The van der Waals surface area contributed by atoms with Gasteiger partial charge in [-0.2, -0.15) is 0 Å². The van der Waals surface area contributed by atoms with Crippen molar-refractivity contribution in [3.8, 4) is 33.4 Å². The van der Waals surface area contributed by atoms with Gasteiger partial charge in [0.15, 0.2) is 0 Å². The fraction of sp³-hybridized carbons (Fsp3) is 0. The second-order valence-corrected chi connectivity index (χ2v) is 23.4. The van der Waals surface area contributed by atoms with Gasteiger partial charge in [0.05, 0.1) is 0 Å². The predicted molar refractivity (Wildman–Crippen MR) is 392 cm³/mol. The Kier molecular flexibility index (Phi) is 14.6. The lowest BCUT2D eigenvalue weighted by atomic mass is 9.96. The van der Waals surface area contributed by atoms with Crippen LogP contribution in [0.4, 0.5) is 68.2 Å². The Morgan fingerprint density at radius 1 is 0.120 bits per heavy atom. The van der Waals surface area contributed by atoms with E-state index in [4.69, 9.17) is 0 Å². The summed E-state index contributed by atoms with van der Waals surface area (Å²) >= 11 is 0. The van der Waals surface area contributed by atoms with Crippen LogP contribution in [0.15, 0.2) is 376 Å². The van der Waals surface area contributed by atoms with Crippen LogP contribution in [0.2, 0.25) is 0 Å². The maximum atomic E-state index is 2.36. The number of nitrogens with zero attached hydrogens (tertiary/aromatic N) is 4. The van der Waals surface area contributed by atoms with Crippen LogP contribution in [0.3, 0.4) is 0 Å². The topological polar surface area (TPSA) is 13.0 Å². The highest BCUT2D eigenvalue weighted by Gasteiger charge is 2.19. The maximum absolute atomic E-state index is 2.36. The van der Waals surface area contributed by atoms with Gasteiger partial charge in [-0.05, 0) is 234 Å². The number of rotatable bonds is 15. The minimum Gasteiger partial charge on any atom is -0.311 e. The number of hydrogen-bond donors (Lipinski definition) is 0. The number of fused-ring (bicyclic) bond motifs is 6. The molecule has 0 spiro atoms. The molecular formula is C88H62N4. The van der Waals surface area contributed by atoms with Crippen molar-refractivity contribution < 1.29 is 0 Å². The van der Waals surface area contributed by atoms with Gasteiger partial charge in [0.1, 0.15) is 0 Å². The van der Waals surface area contributed by atoms with E-state index in [1.165, 1.54) is 65.3 Å². The zero-order valence-corrected chi connectivity index (χ0v) is 50.6. The Balaban J connectivity index is 0.646. The molecular weight excluding hydrogens is 1110 g/mol. The third kappa shape index (κ3) is 10.8. The van der Waals surface area contributed by atoms with E-state index in [-0.39, 0.29) is 0 Å². The first kappa shape index (κ1) is 55.1. The lowest BCUT2D eigenvalue weighted by Crippen LogP contribution is -2.10. The summed E-state index contributed by atoms with van der Waals surface area (Å²) in [7, 11) is 0. The largest absolute Gasteiger partial charge is 0.311 e. The van der Waals surface area contributed by atoms with Crippen molar-refractivity contribution in [1.29, 1.82) is 0 Å². The van der Waals surface area contributed by atoms with Crippen molar-refractivity contribution in [1.82, 2.24) is 0 Å². The van der Waals surface area contributed by atoms with Crippen molar-refractivity contribution in [2.45, 2.75) is 0 Å². The molecule has 0 saturated heterocycles. The molecule has 0 fully saturated rings. The molecule has 0 aliphatic heterocycles. The summed E-state index contributed by atoms with van der Waals surface area (Å²) < 4.78 is 0. The third-order valence-corrected chi connectivity index (χ3v) is 17.7. The molecule has 0 aliphatic carbocycles. The average molecular weight is 1180 g/mol. The van der Waals surface area contributed by atoms with Crippen LogP contribution in [-0.4, -0.2) is 0 Å². The first-order valence-electron chi connectivity index (χ1n) is 31.5. The summed E-state index contributed by atoms with van der Waals surface area (Å²) in [5.74, 6) is 0. The van der Waals surface area contributed by atoms with Gasteiger partial charge in [0.2, 0.25) is 0 Å². The minimum atomic E-state index is 1.09. The molecule has 0 radical (unpaired) electrons. The predicted octanol–water partition coefficient (Wildman–Crippen LogP) is 25.2. The van der Waals surface area contributed by atoms with Gasteiger partial charge in [-0.3, -0.25) is 0 Å². The van der Waals surface area contributed by atoms with Gasteiger partial charge in [0.25, 0.3) is 0 Å². The molecule has 92 heavy (non-hydrogen) atoms. The van der Waals surface area contributed by atoms with Crippen molar-refractivity contribution in [3.05, 3.63) is 376 Å². The fourth-order valence-corrected chi connectivity index (χ4v) is 13.2. The molecule has 0 heterocycles. The lowest BCUT2D eigenvalue weighted by molar-refractivity contribution is 1.28. The van der Waals surface area contributed by atoms with Crippen LogP contribution >= 0.6 is 0 Å². The maximum Gasteiger partial charge on any atom is 0.0468 e. The Bertz CT molecular complexity index is 4810. The van der Waals surface area contributed by atoms with Crippen molar-refractivity contribution in [2.75, 3.05) is 19.6 Å². The minimum absolute atomic E-state index is 1.09. The number of hydrogen-bond acceptors (Lipinski definition) is 4. The summed E-state index contributed by atoms with van der Waals surface area (Å²) in [6, 6.07) is 136. The molecule has 434 valence electrons. The molecule has 4 nitrogen and oxygen atoms in total. The van der Waals surface area contributed by atoms with Gasteiger partial charge in [-0.15, -0.1) is 0 Å². The molecule has 0 saturated carbocycles. The summed E-state index contributed by atoms with van der Waals surface area (Å²) in [6.45, 7) is 0. The first-order valence-corrected chi connectivity index (χ1v) is 31.5.